The summed E-state index contributed by atoms with van der Waals surface area (Å²) >= 11 is 0. The molecule has 0 aliphatic carbocycles. The molecule has 0 unspecified atom stereocenters. The van der Waals surface area contributed by atoms with E-state index in [-0.39, 0.29) is 18.6 Å². The number of epoxide rings is 1. The van der Waals surface area contributed by atoms with Crippen molar-refractivity contribution in [2.75, 3.05) is 0 Å². The molecule has 1 aliphatic heterocycles. The van der Waals surface area contributed by atoms with Crippen LogP contribution >= 0.6 is 0 Å². The van der Waals surface area contributed by atoms with Gasteiger partial charge in [0.1, 0.15) is 12.2 Å². The average Bonchev–Trinajstić information content (AvgIpc) is 3.32. The van der Waals surface area contributed by atoms with Gasteiger partial charge < -0.3 is 19.7 Å². The SMILES string of the molecule is CCCCC/C=C\C/C=C\[C@@H](O)[C@@H]1O[C@H]1C/C=C\CCCC(=O)[O-]. The lowest BCUT2D eigenvalue weighted by molar-refractivity contribution is -0.305. The van der Waals surface area contributed by atoms with E-state index in [1.54, 1.807) is 0 Å². The molecule has 3 atom stereocenters. The van der Waals surface area contributed by atoms with Crippen LogP contribution < -0.4 is 5.11 Å². The fourth-order valence-corrected chi connectivity index (χ4v) is 2.49. The minimum Gasteiger partial charge on any atom is -0.550 e. The summed E-state index contributed by atoms with van der Waals surface area (Å²) in [5, 5.41) is 20.3. The Morgan fingerprint density at radius 2 is 1.88 bits per heavy atom. The van der Waals surface area contributed by atoms with Gasteiger partial charge in [-0.15, -0.1) is 0 Å². The summed E-state index contributed by atoms with van der Waals surface area (Å²) in [7, 11) is 0. The normalized spacial score (nSPS) is 21.9. The van der Waals surface area contributed by atoms with Crippen molar-refractivity contribution in [3.8, 4) is 0 Å². The molecule has 1 fully saturated rings. The molecule has 0 bridgehead atoms. The number of allylic oxidation sites excluding steroid dienone is 4. The second kappa shape index (κ2) is 13.0. The van der Waals surface area contributed by atoms with Gasteiger partial charge in [-0.05, 0) is 44.9 Å². The van der Waals surface area contributed by atoms with Crippen LogP contribution in [-0.4, -0.2) is 29.4 Å². The van der Waals surface area contributed by atoms with Gasteiger partial charge in [0.05, 0.1) is 6.10 Å². The predicted molar refractivity (Wildman–Crippen MR) is 94.3 cm³/mol. The van der Waals surface area contributed by atoms with E-state index in [1.807, 2.05) is 24.3 Å². The number of hydrogen-bond acceptors (Lipinski definition) is 4. The van der Waals surface area contributed by atoms with E-state index < -0.39 is 12.1 Å². The largest absolute Gasteiger partial charge is 0.550 e. The minimum atomic E-state index is -1.00. The number of carbonyl (C=O) groups excluding carboxylic acids is 1. The molecule has 0 saturated carbocycles. The highest BCUT2D eigenvalue weighted by molar-refractivity contribution is 5.64. The number of aliphatic hydroxyl groups excluding tert-OH is 1. The van der Waals surface area contributed by atoms with E-state index >= 15 is 0 Å². The highest BCUT2D eigenvalue weighted by Gasteiger charge is 2.42. The topological polar surface area (TPSA) is 72.9 Å². The molecule has 0 aromatic carbocycles. The zero-order valence-electron chi connectivity index (χ0n) is 14.7. The Labute approximate surface area is 145 Å². The van der Waals surface area contributed by atoms with Gasteiger partial charge in [-0.1, -0.05) is 56.2 Å². The Hall–Kier alpha value is -1.39. The van der Waals surface area contributed by atoms with Crippen LogP contribution in [0.5, 0.6) is 0 Å². The number of aliphatic hydroxyl groups is 1. The molecule has 4 nitrogen and oxygen atoms in total. The summed E-state index contributed by atoms with van der Waals surface area (Å²) in [6, 6.07) is 0. The summed E-state index contributed by atoms with van der Waals surface area (Å²) in [5.74, 6) is -1.00. The van der Waals surface area contributed by atoms with Gasteiger partial charge in [-0.2, -0.15) is 0 Å². The molecule has 0 amide bonds. The summed E-state index contributed by atoms with van der Waals surface area (Å²) in [4.78, 5) is 10.3. The maximum Gasteiger partial charge on any atom is 0.114 e. The van der Waals surface area contributed by atoms with Gasteiger partial charge in [-0.3, -0.25) is 0 Å². The first-order valence-corrected chi connectivity index (χ1v) is 9.15. The standard InChI is InChI=1S/C20H32O4/c1-2-3-4-5-6-7-8-11-14-17(21)20-18(24-20)15-12-9-10-13-16-19(22)23/h6-7,9,11-12,14,17-18,20-21H,2-5,8,10,13,15-16H2,1H3,(H,22,23)/p-1/b7-6-,12-9-,14-11-/t17-,18+,20+/m1/s1. The van der Waals surface area contributed by atoms with Gasteiger partial charge in [0, 0.05) is 5.97 Å². The molecule has 1 rings (SSSR count). The number of carboxylic acid groups (broad SMARTS) is 1. The van der Waals surface area contributed by atoms with E-state index in [1.165, 1.54) is 19.3 Å². The number of rotatable bonds is 14. The molecule has 0 spiro atoms. The molecule has 1 heterocycles. The average molecular weight is 335 g/mol. The van der Waals surface area contributed by atoms with Crippen LogP contribution in [0.25, 0.3) is 0 Å². The van der Waals surface area contributed by atoms with E-state index in [2.05, 4.69) is 19.1 Å². The Kier molecular flexibility index (Phi) is 11.2. The van der Waals surface area contributed by atoms with E-state index in [0.717, 1.165) is 25.7 Å². The van der Waals surface area contributed by atoms with Gasteiger partial charge in [0.15, 0.2) is 0 Å². The number of hydrogen-bond donors (Lipinski definition) is 1. The molecule has 1 saturated heterocycles. The number of unbranched alkanes of at least 4 members (excludes halogenated alkanes) is 4. The molecule has 24 heavy (non-hydrogen) atoms. The fourth-order valence-electron chi connectivity index (χ4n) is 2.49. The molecule has 0 aromatic rings. The second-order valence-corrected chi connectivity index (χ2v) is 6.23. The van der Waals surface area contributed by atoms with Crippen LogP contribution in [0, 0.1) is 0 Å². The summed E-state index contributed by atoms with van der Waals surface area (Å²) < 4.78 is 5.47. The first kappa shape index (κ1) is 20.7. The minimum absolute atomic E-state index is 0.0756. The lowest BCUT2D eigenvalue weighted by Gasteiger charge is -1.99. The molecular weight excluding hydrogens is 304 g/mol. The smallest absolute Gasteiger partial charge is 0.114 e. The third kappa shape index (κ3) is 10.4. The first-order chi connectivity index (χ1) is 11.6. The fraction of sp³-hybridized carbons (Fsp3) is 0.650. The molecule has 4 heteroatoms. The zero-order valence-corrected chi connectivity index (χ0v) is 14.7. The van der Waals surface area contributed by atoms with E-state index in [4.69, 9.17) is 4.74 Å². The van der Waals surface area contributed by atoms with Crippen LogP contribution in [0.15, 0.2) is 36.5 Å². The first-order valence-electron chi connectivity index (χ1n) is 9.15. The van der Waals surface area contributed by atoms with Gasteiger partial charge in [0.2, 0.25) is 0 Å². The highest BCUT2D eigenvalue weighted by atomic mass is 16.6. The quantitative estimate of drug-likeness (QED) is 0.301. The van der Waals surface area contributed by atoms with Crippen LogP contribution in [0.4, 0.5) is 0 Å². The Balaban J connectivity index is 2.04. The summed E-state index contributed by atoms with van der Waals surface area (Å²) in [6.45, 7) is 2.20. The Morgan fingerprint density at radius 1 is 1.12 bits per heavy atom. The zero-order chi connectivity index (χ0) is 17.6. The molecule has 0 radical (unpaired) electrons. The van der Waals surface area contributed by atoms with Gasteiger partial charge >= 0.3 is 0 Å². The number of carboxylic acids is 1. The monoisotopic (exact) mass is 335 g/mol. The maximum atomic E-state index is 10.3. The number of aliphatic carboxylic acids is 1. The van der Waals surface area contributed by atoms with Crippen molar-refractivity contribution in [2.45, 2.75) is 83.0 Å². The van der Waals surface area contributed by atoms with Crippen molar-refractivity contribution in [1.29, 1.82) is 0 Å². The van der Waals surface area contributed by atoms with Crippen LogP contribution in [0.2, 0.25) is 0 Å². The molecular formula is C20H31O4-. The summed E-state index contributed by atoms with van der Waals surface area (Å²) in [6.07, 6.45) is 19.5. The third-order valence-corrected chi connectivity index (χ3v) is 3.99. The Morgan fingerprint density at radius 3 is 2.62 bits per heavy atom. The molecule has 0 aromatic heterocycles. The van der Waals surface area contributed by atoms with Crippen molar-refractivity contribution >= 4 is 5.97 Å². The predicted octanol–water partition coefficient (Wildman–Crippen LogP) is 3.06. The lowest BCUT2D eigenvalue weighted by atomic mass is 10.1. The van der Waals surface area contributed by atoms with Crippen LogP contribution in [0.1, 0.15) is 64.7 Å². The Bertz CT molecular complexity index is 425. The van der Waals surface area contributed by atoms with E-state index in [0.29, 0.717) is 6.42 Å². The number of carbonyl (C=O) groups is 1. The third-order valence-electron chi connectivity index (χ3n) is 3.99. The molecule has 136 valence electrons. The molecule has 1 aliphatic rings. The van der Waals surface area contributed by atoms with Crippen LogP contribution in [-0.2, 0) is 9.53 Å². The summed E-state index contributed by atoms with van der Waals surface area (Å²) in [5.41, 5.74) is 0. The highest BCUT2D eigenvalue weighted by Crippen LogP contribution is 2.29. The van der Waals surface area contributed by atoms with Crippen molar-refractivity contribution in [2.24, 2.45) is 0 Å². The van der Waals surface area contributed by atoms with Crippen molar-refractivity contribution in [3.05, 3.63) is 36.5 Å². The lowest BCUT2D eigenvalue weighted by Crippen LogP contribution is -2.21. The van der Waals surface area contributed by atoms with Crippen molar-refractivity contribution < 1.29 is 19.7 Å². The maximum absolute atomic E-state index is 10.3. The van der Waals surface area contributed by atoms with Gasteiger partial charge in [0.25, 0.3) is 0 Å². The van der Waals surface area contributed by atoms with Gasteiger partial charge in [-0.25, -0.2) is 0 Å². The number of ether oxygens (including phenoxy) is 1. The van der Waals surface area contributed by atoms with E-state index in [9.17, 15) is 15.0 Å². The van der Waals surface area contributed by atoms with Crippen molar-refractivity contribution in [3.63, 3.8) is 0 Å². The van der Waals surface area contributed by atoms with Crippen LogP contribution in [0.3, 0.4) is 0 Å². The molecule has 1 N–H and O–H groups in total. The second-order valence-electron chi connectivity index (χ2n) is 6.23. The van der Waals surface area contributed by atoms with Crippen molar-refractivity contribution in [1.82, 2.24) is 0 Å².